The Kier molecular flexibility index (Phi) is 12.7. The van der Waals surface area contributed by atoms with Crippen LogP contribution < -0.4 is 0 Å². The Morgan fingerprint density at radius 1 is 1.00 bits per heavy atom. The molecule has 0 aromatic rings. The van der Waals surface area contributed by atoms with Crippen molar-refractivity contribution in [1.29, 1.82) is 0 Å². The second kappa shape index (κ2) is 13.3. The van der Waals surface area contributed by atoms with E-state index in [0.29, 0.717) is 25.3 Å². The van der Waals surface area contributed by atoms with Crippen LogP contribution in [0.3, 0.4) is 0 Å². The van der Waals surface area contributed by atoms with E-state index in [4.69, 9.17) is 4.74 Å². The molecule has 0 heterocycles. The zero-order valence-electron chi connectivity index (χ0n) is 15.1. The molecular formula is C18H32F3NO2. The van der Waals surface area contributed by atoms with Gasteiger partial charge in [0.15, 0.2) is 0 Å². The van der Waals surface area contributed by atoms with E-state index in [-0.39, 0.29) is 0 Å². The maximum absolute atomic E-state index is 12.6. The van der Waals surface area contributed by atoms with Gasteiger partial charge in [-0.25, -0.2) is 4.79 Å². The molecule has 0 saturated carbocycles. The highest BCUT2D eigenvalue weighted by atomic mass is 19.4. The van der Waals surface area contributed by atoms with Crippen molar-refractivity contribution in [2.45, 2.75) is 71.4 Å². The lowest BCUT2D eigenvalue weighted by molar-refractivity contribution is -0.146. The lowest BCUT2D eigenvalue weighted by Gasteiger charge is -2.23. The summed E-state index contributed by atoms with van der Waals surface area (Å²) in [4.78, 5) is 12.7. The molecule has 0 N–H and O–H groups in total. The molecule has 6 heteroatoms. The van der Waals surface area contributed by atoms with Crippen molar-refractivity contribution in [3.63, 3.8) is 0 Å². The van der Waals surface area contributed by atoms with E-state index in [1.165, 1.54) is 4.90 Å². The number of halogens is 3. The SMILES string of the molecule is C=C(C)C(=O)OCCCCCCN(CCCCCC)CC(F)(F)F. The lowest BCUT2D eigenvalue weighted by atomic mass is 10.1. The van der Waals surface area contributed by atoms with Gasteiger partial charge in [-0.15, -0.1) is 0 Å². The van der Waals surface area contributed by atoms with Crippen molar-refractivity contribution in [3.05, 3.63) is 12.2 Å². The molecule has 0 amide bonds. The first-order valence-electron chi connectivity index (χ1n) is 8.88. The quantitative estimate of drug-likeness (QED) is 0.247. The summed E-state index contributed by atoms with van der Waals surface area (Å²) >= 11 is 0. The summed E-state index contributed by atoms with van der Waals surface area (Å²) in [6.07, 6.45) is 2.97. The Bertz CT molecular complexity index is 357. The number of esters is 1. The number of nitrogens with zero attached hydrogens (tertiary/aromatic N) is 1. The predicted molar refractivity (Wildman–Crippen MR) is 90.9 cm³/mol. The van der Waals surface area contributed by atoms with Crippen molar-refractivity contribution in [1.82, 2.24) is 4.90 Å². The lowest BCUT2D eigenvalue weighted by Crippen LogP contribution is -2.35. The van der Waals surface area contributed by atoms with Crippen LogP contribution in [-0.4, -0.2) is 43.3 Å². The van der Waals surface area contributed by atoms with Crippen LogP contribution in [0.25, 0.3) is 0 Å². The van der Waals surface area contributed by atoms with Crippen molar-refractivity contribution >= 4 is 5.97 Å². The van der Waals surface area contributed by atoms with Gasteiger partial charge in [-0.3, -0.25) is 4.90 Å². The molecule has 0 spiro atoms. The third-order valence-corrected chi connectivity index (χ3v) is 3.68. The molecule has 0 bridgehead atoms. The van der Waals surface area contributed by atoms with Crippen molar-refractivity contribution in [2.75, 3.05) is 26.2 Å². The topological polar surface area (TPSA) is 29.5 Å². The van der Waals surface area contributed by atoms with Gasteiger partial charge in [0.25, 0.3) is 0 Å². The highest BCUT2D eigenvalue weighted by Crippen LogP contribution is 2.17. The fourth-order valence-electron chi connectivity index (χ4n) is 2.36. The van der Waals surface area contributed by atoms with Crippen LogP contribution in [0.1, 0.15) is 65.2 Å². The van der Waals surface area contributed by atoms with E-state index in [1.807, 2.05) is 0 Å². The van der Waals surface area contributed by atoms with Gasteiger partial charge < -0.3 is 4.74 Å². The molecule has 0 aliphatic carbocycles. The molecule has 0 aliphatic heterocycles. The van der Waals surface area contributed by atoms with Gasteiger partial charge in [0.05, 0.1) is 13.2 Å². The van der Waals surface area contributed by atoms with Gasteiger partial charge >= 0.3 is 12.1 Å². The first-order chi connectivity index (χ1) is 11.3. The van der Waals surface area contributed by atoms with Crippen LogP contribution in [0, 0.1) is 0 Å². The number of carbonyl (C=O) groups excluding carboxylic acids is 1. The molecule has 0 fully saturated rings. The third-order valence-electron chi connectivity index (χ3n) is 3.68. The minimum Gasteiger partial charge on any atom is -0.462 e. The molecule has 0 radical (unpaired) electrons. The number of carbonyl (C=O) groups is 1. The number of hydrogen-bond donors (Lipinski definition) is 0. The van der Waals surface area contributed by atoms with Gasteiger partial charge in [-0.1, -0.05) is 45.6 Å². The summed E-state index contributed by atoms with van der Waals surface area (Å²) in [5.74, 6) is -0.390. The number of alkyl halides is 3. The van der Waals surface area contributed by atoms with Gasteiger partial charge in [0, 0.05) is 5.57 Å². The van der Waals surface area contributed by atoms with Crippen molar-refractivity contribution in [2.24, 2.45) is 0 Å². The van der Waals surface area contributed by atoms with Crippen LogP contribution in [0.15, 0.2) is 12.2 Å². The standard InChI is InChI=1S/C18H32F3NO2/c1-4-5-6-9-12-22(15-18(19,20)21)13-10-7-8-11-14-24-17(23)16(2)3/h2,4-15H2,1,3H3. The zero-order valence-corrected chi connectivity index (χ0v) is 15.1. The summed E-state index contributed by atoms with van der Waals surface area (Å²) in [6.45, 7) is 7.67. The Morgan fingerprint density at radius 2 is 1.54 bits per heavy atom. The molecular weight excluding hydrogens is 319 g/mol. The van der Waals surface area contributed by atoms with Crippen molar-refractivity contribution in [3.8, 4) is 0 Å². The molecule has 0 atom stereocenters. The average Bonchev–Trinajstić information content (AvgIpc) is 2.48. The average molecular weight is 351 g/mol. The fourth-order valence-corrected chi connectivity index (χ4v) is 2.36. The van der Waals surface area contributed by atoms with Crippen LogP contribution in [-0.2, 0) is 9.53 Å². The fraction of sp³-hybridized carbons (Fsp3) is 0.833. The summed E-state index contributed by atoms with van der Waals surface area (Å²) in [7, 11) is 0. The van der Waals surface area contributed by atoms with E-state index in [2.05, 4.69) is 13.5 Å². The molecule has 3 nitrogen and oxygen atoms in total. The minimum atomic E-state index is -4.14. The largest absolute Gasteiger partial charge is 0.462 e. The zero-order chi connectivity index (χ0) is 18.4. The van der Waals surface area contributed by atoms with Gasteiger partial charge in [-0.2, -0.15) is 13.2 Å². The third kappa shape index (κ3) is 14.5. The first-order valence-corrected chi connectivity index (χ1v) is 8.88. The van der Waals surface area contributed by atoms with Crippen LogP contribution in [0.5, 0.6) is 0 Å². The normalized spacial score (nSPS) is 11.8. The highest BCUT2D eigenvalue weighted by molar-refractivity contribution is 5.86. The molecule has 0 aliphatic rings. The number of unbranched alkanes of at least 4 members (excludes halogenated alkanes) is 6. The Morgan fingerprint density at radius 3 is 2.04 bits per heavy atom. The summed E-state index contributed by atoms with van der Waals surface area (Å²) in [6, 6.07) is 0. The van der Waals surface area contributed by atoms with E-state index >= 15 is 0 Å². The predicted octanol–water partition coefficient (Wildman–Crippen LogP) is 5.11. The highest BCUT2D eigenvalue weighted by Gasteiger charge is 2.30. The second-order valence-corrected chi connectivity index (χ2v) is 6.28. The molecule has 24 heavy (non-hydrogen) atoms. The summed E-state index contributed by atoms with van der Waals surface area (Å²) in [5.41, 5.74) is 0.376. The van der Waals surface area contributed by atoms with Gasteiger partial charge in [-0.05, 0) is 39.3 Å². The Labute approximate surface area is 144 Å². The van der Waals surface area contributed by atoms with Crippen LogP contribution >= 0.6 is 0 Å². The second-order valence-electron chi connectivity index (χ2n) is 6.28. The summed E-state index contributed by atoms with van der Waals surface area (Å²) in [5, 5.41) is 0. The van der Waals surface area contributed by atoms with E-state index in [1.54, 1.807) is 6.92 Å². The first kappa shape index (κ1) is 23.0. The van der Waals surface area contributed by atoms with Gasteiger partial charge in [0.1, 0.15) is 0 Å². The van der Waals surface area contributed by atoms with Crippen molar-refractivity contribution < 1.29 is 22.7 Å². The van der Waals surface area contributed by atoms with Crippen LogP contribution in [0.4, 0.5) is 13.2 Å². The molecule has 0 unspecified atom stereocenters. The Hall–Kier alpha value is -1.04. The molecule has 0 saturated heterocycles. The maximum atomic E-state index is 12.6. The number of rotatable bonds is 14. The van der Waals surface area contributed by atoms with Gasteiger partial charge in [0.2, 0.25) is 0 Å². The summed E-state index contributed by atoms with van der Waals surface area (Å²) < 4.78 is 42.8. The Balaban J connectivity index is 3.84. The molecule has 142 valence electrons. The van der Waals surface area contributed by atoms with Crippen LogP contribution in [0.2, 0.25) is 0 Å². The van der Waals surface area contributed by atoms with E-state index in [9.17, 15) is 18.0 Å². The van der Waals surface area contributed by atoms with E-state index in [0.717, 1.165) is 51.4 Å². The number of hydrogen-bond acceptors (Lipinski definition) is 3. The smallest absolute Gasteiger partial charge is 0.401 e. The monoisotopic (exact) mass is 351 g/mol. The van der Waals surface area contributed by atoms with E-state index < -0.39 is 18.7 Å². The maximum Gasteiger partial charge on any atom is 0.401 e. The minimum absolute atomic E-state index is 0.342. The molecule has 0 rings (SSSR count). The number of ether oxygens (including phenoxy) is 1. The molecule has 0 aromatic carbocycles. The molecule has 0 aromatic heterocycles.